The maximum atomic E-state index is 14.4. The van der Waals surface area contributed by atoms with E-state index in [0.29, 0.717) is 25.2 Å². The predicted octanol–water partition coefficient (Wildman–Crippen LogP) is 6.04. The first-order valence-corrected chi connectivity index (χ1v) is 11.4. The highest BCUT2D eigenvalue weighted by molar-refractivity contribution is 5.96. The summed E-state index contributed by atoms with van der Waals surface area (Å²) in [5, 5.41) is 0. The van der Waals surface area contributed by atoms with Crippen LogP contribution in [0.15, 0.2) is 72.8 Å². The lowest BCUT2D eigenvalue weighted by atomic mass is 9.87. The molecule has 1 aromatic heterocycles. The van der Waals surface area contributed by atoms with Crippen molar-refractivity contribution in [3.8, 4) is 0 Å². The van der Waals surface area contributed by atoms with Gasteiger partial charge in [-0.15, -0.1) is 0 Å². The molecule has 1 fully saturated rings. The SMILES string of the molecule is CC(C)(C)c1ccc(Cn2c(C3CC(=O)N(c4ccccc4F)C3)nc3ccccc32)cc1. The van der Waals surface area contributed by atoms with E-state index in [1.54, 1.807) is 23.1 Å². The minimum Gasteiger partial charge on any atom is -0.323 e. The summed E-state index contributed by atoms with van der Waals surface area (Å²) in [7, 11) is 0. The van der Waals surface area contributed by atoms with Crippen LogP contribution in [0, 0.1) is 5.82 Å². The number of anilines is 1. The van der Waals surface area contributed by atoms with Crippen LogP contribution in [0.4, 0.5) is 10.1 Å². The van der Waals surface area contributed by atoms with Gasteiger partial charge in [0.2, 0.25) is 5.91 Å². The number of benzene rings is 3. The molecule has 1 aliphatic heterocycles. The molecular formula is C28H28FN3O. The van der Waals surface area contributed by atoms with Crippen LogP contribution in [-0.4, -0.2) is 22.0 Å². The van der Waals surface area contributed by atoms with Gasteiger partial charge in [-0.1, -0.05) is 69.3 Å². The lowest BCUT2D eigenvalue weighted by molar-refractivity contribution is -0.117. The Labute approximate surface area is 193 Å². The topological polar surface area (TPSA) is 38.1 Å². The molecule has 5 heteroatoms. The zero-order valence-electron chi connectivity index (χ0n) is 19.3. The quantitative estimate of drug-likeness (QED) is 0.387. The average Bonchev–Trinajstić information content (AvgIpc) is 3.34. The first-order chi connectivity index (χ1) is 15.8. The highest BCUT2D eigenvalue weighted by atomic mass is 19.1. The molecule has 1 saturated heterocycles. The molecule has 0 N–H and O–H groups in total. The van der Waals surface area contributed by atoms with Crippen LogP contribution < -0.4 is 4.90 Å². The van der Waals surface area contributed by atoms with Crippen molar-refractivity contribution in [2.24, 2.45) is 0 Å². The largest absolute Gasteiger partial charge is 0.323 e. The van der Waals surface area contributed by atoms with Gasteiger partial charge in [-0.25, -0.2) is 9.37 Å². The molecule has 168 valence electrons. The van der Waals surface area contributed by atoms with E-state index in [-0.39, 0.29) is 23.1 Å². The second-order valence-electron chi connectivity index (χ2n) is 9.85. The predicted molar refractivity (Wildman–Crippen MR) is 130 cm³/mol. The molecule has 2 heterocycles. The number of amides is 1. The molecule has 0 bridgehead atoms. The first kappa shape index (κ1) is 21.4. The Kier molecular flexibility index (Phi) is 5.28. The van der Waals surface area contributed by atoms with Crippen molar-refractivity contribution in [1.82, 2.24) is 9.55 Å². The van der Waals surface area contributed by atoms with Gasteiger partial charge in [0.15, 0.2) is 0 Å². The van der Waals surface area contributed by atoms with E-state index in [0.717, 1.165) is 16.9 Å². The van der Waals surface area contributed by atoms with Crippen LogP contribution in [-0.2, 0) is 16.8 Å². The summed E-state index contributed by atoms with van der Waals surface area (Å²) in [6.45, 7) is 7.72. The molecule has 33 heavy (non-hydrogen) atoms. The molecule has 0 aliphatic carbocycles. The Morgan fingerprint density at radius 1 is 0.970 bits per heavy atom. The van der Waals surface area contributed by atoms with Gasteiger partial charge < -0.3 is 9.47 Å². The third-order valence-corrected chi connectivity index (χ3v) is 6.48. The number of para-hydroxylation sites is 3. The number of aromatic nitrogens is 2. The zero-order chi connectivity index (χ0) is 23.2. The van der Waals surface area contributed by atoms with Crippen LogP contribution in [0.25, 0.3) is 11.0 Å². The Balaban J connectivity index is 1.50. The van der Waals surface area contributed by atoms with E-state index in [1.165, 1.54) is 17.2 Å². The number of halogens is 1. The Hall–Kier alpha value is -3.47. The monoisotopic (exact) mass is 441 g/mol. The lowest BCUT2D eigenvalue weighted by Crippen LogP contribution is -2.25. The van der Waals surface area contributed by atoms with Gasteiger partial charge in [0.05, 0.1) is 16.7 Å². The molecule has 1 amide bonds. The summed E-state index contributed by atoms with van der Waals surface area (Å²) in [6, 6.07) is 23.2. The summed E-state index contributed by atoms with van der Waals surface area (Å²) in [5.41, 5.74) is 4.88. The third kappa shape index (κ3) is 4.04. The highest BCUT2D eigenvalue weighted by Gasteiger charge is 2.35. The second kappa shape index (κ2) is 8.14. The highest BCUT2D eigenvalue weighted by Crippen LogP contribution is 2.34. The lowest BCUT2D eigenvalue weighted by Gasteiger charge is -2.20. The number of carbonyl (C=O) groups excluding carboxylic acids is 1. The van der Waals surface area contributed by atoms with E-state index in [4.69, 9.17) is 4.98 Å². The van der Waals surface area contributed by atoms with Gasteiger partial charge in [-0.2, -0.15) is 0 Å². The molecule has 3 aromatic carbocycles. The molecule has 1 atom stereocenters. The van der Waals surface area contributed by atoms with E-state index in [9.17, 15) is 9.18 Å². The van der Waals surface area contributed by atoms with E-state index in [1.807, 2.05) is 18.2 Å². The van der Waals surface area contributed by atoms with Crippen molar-refractivity contribution in [3.63, 3.8) is 0 Å². The van der Waals surface area contributed by atoms with E-state index in [2.05, 4.69) is 55.7 Å². The molecule has 4 aromatic rings. The van der Waals surface area contributed by atoms with Crippen molar-refractivity contribution in [2.75, 3.05) is 11.4 Å². The zero-order valence-corrected chi connectivity index (χ0v) is 19.3. The van der Waals surface area contributed by atoms with Gasteiger partial charge in [-0.3, -0.25) is 4.79 Å². The van der Waals surface area contributed by atoms with Crippen molar-refractivity contribution >= 4 is 22.6 Å². The summed E-state index contributed by atoms with van der Waals surface area (Å²) in [5.74, 6) is 0.332. The van der Waals surface area contributed by atoms with Crippen LogP contribution in [0.3, 0.4) is 0 Å². The summed E-state index contributed by atoms with van der Waals surface area (Å²) < 4.78 is 16.6. The number of hydrogen-bond acceptors (Lipinski definition) is 2. The number of carbonyl (C=O) groups is 1. The van der Waals surface area contributed by atoms with Gasteiger partial charge in [0, 0.05) is 25.4 Å². The fourth-order valence-corrected chi connectivity index (χ4v) is 4.65. The molecule has 0 spiro atoms. The minimum absolute atomic E-state index is 0.0711. The fraction of sp³-hybridized carbons (Fsp3) is 0.286. The fourth-order valence-electron chi connectivity index (χ4n) is 4.65. The minimum atomic E-state index is -0.376. The molecule has 4 nitrogen and oxygen atoms in total. The van der Waals surface area contributed by atoms with Crippen molar-refractivity contribution in [3.05, 3.63) is 95.6 Å². The number of nitrogens with zero attached hydrogens (tertiary/aromatic N) is 3. The van der Waals surface area contributed by atoms with Gasteiger partial charge in [0.1, 0.15) is 11.6 Å². The second-order valence-corrected chi connectivity index (χ2v) is 9.85. The number of fused-ring (bicyclic) bond motifs is 1. The maximum Gasteiger partial charge on any atom is 0.227 e. The Bertz CT molecular complexity index is 1320. The average molecular weight is 442 g/mol. The molecule has 0 saturated carbocycles. The number of imidazole rings is 1. The van der Waals surface area contributed by atoms with Gasteiger partial charge >= 0.3 is 0 Å². The number of rotatable bonds is 4. The summed E-state index contributed by atoms with van der Waals surface area (Å²) in [4.78, 5) is 19.3. The van der Waals surface area contributed by atoms with Crippen LogP contribution in [0.5, 0.6) is 0 Å². The molecule has 5 rings (SSSR count). The molecule has 1 unspecified atom stereocenters. The van der Waals surface area contributed by atoms with Crippen LogP contribution in [0.1, 0.15) is 50.1 Å². The van der Waals surface area contributed by atoms with Crippen molar-refractivity contribution in [1.29, 1.82) is 0 Å². The number of hydrogen-bond donors (Lipinski definition) is 0. The van der Waals surface area contributed by atoms with Gasteiger partial charge in [-0.05, 0) is 40.8 Å². The Morgan fingerprint density at radius 2 is 1.67 bits per heavy atom. The molecular weight excluding hydrogens is 413 g/mol. The molecule has 0 radical (unpaired) electrons. The van der Waals surface area contributed by atoms with E-state index < -0.39 is 0 Å². The first-order valence-electron chi connectivity index (χ1n) is 11.4. The normalized spacial score (nSPS) is 16.7. The van der Waals surface area contributed by atoms with E-state index >= 15 is 0 Å². The van der Waals surface area contributed by atoms with Crippen LogP contribution >= 0.6 is 0 Å². The molecule has 1 aliphatic rings. The summed E-state index contributed by atoms with van der Waals surface area (Å²) in [6.07, 6.45) is 0.320. The standard InChI is InChI=1S/C28H28FN3O/c1-28(2,3)21-14-12-19(13-15-21)17-32-25-11-7-5-9-23(25)30-27(32)20-16-26(33)31(18-20)24-10-6-4-8-22(24)29/h4-15,20H,16-18H2,1-3H3. The van der Waals surface area contributed by atoms with Crippen molar-refractivity contribution in [2.45, 2.75) is 45.1 Å². The van der Waals surface area contributed by atoms with Crippen molar-refractivity contribution < 1.29 is 9.18 Å². The third-order valence-electron chi connectivity index (χ3n) is 6.48. The Morgan fingerprint density at radius 3 is 2.39 bits per heavy atom. The summed E-state index contributed by atoms with van der Waals surface area (Å²) >= 11 is 0. The smallest absolute Gasteiger partial charge is 0.227 e. The van der Waals surface area contributed by atoms with Crippen LogP contribution in [0.2, 0.25) is 0 Å². The maximum absolute atomic E-state index is 14.4. The van der Waals surface area contributed by atoms with Gasteiger partial charge in [0.25, 0.3) is 0 Å².